The van der Waals surface area contributed by atoms with Crippen LogP contribution in [-0.2, 0) is 4.79 Å². The van der Waals surface area contributed by atoms with Gasteiger partial charge in [0.15, 0.2) is 0 Å². The molecule has 0 aliphatic rings. The molecule has 0 spiro atoms. The number of hydrogen-bond donors (Lipinski definition) is 2. The summed E-state index contributed by atoms with van der Waals surface area (Å²) >= 11 is 0. The zero-order chi connectivity index (χ0) is 16.5. The predicted octanol–water partition coefficient (Wildman–Crippen LogP) is 4.77. The van der Waals surface area contributed by atoms with E-state index in [1.165, 1.54) is 11.6 Å². The van der Waals surface area contributed by atoms with Gasteiger partial charge in [-0.15, -0.1) is 0 Å². The van der Waals surface area contributed by atoms with Crippen molar-refractivity contribution in [2.75, 3.05) is 0 Å². The Balaban J connectivity index is 2.81. The summed E-state index contributed by atoms with van der Waals surface area (Å²) in [7, 11) is 0. The van der Waals surface area contributed by atoms with Crippen molar-refractivity contribution in [1.82, 2.24) is 0 Å². The Morgan fingerprint density at radius 3 is 2.32 bits per heavy atom. The summed E-state index contributed by atoms with van der Waals surface area (Å²) in [5, 5.41) is 18.8. The van der Waals surface area contributed by atoms with Crippen molar-refractivity contribution >= 4 is 5.97 Å². The minimum atomic E-state index is -1.20. The van der Waals surface area contributed by atoms with Crippen LogP contribution in [0.3, 0.4) is 0 Å². The van der Waals surface area contributed by atoms with Crippen LogP contribution >= 0.6 is 0 Å². The maximum absolute atomic E-state index is 10.9. The van der Waals surface area contributed by atoms with E-state index in [9.17, 15) is 9.90 Å². The highest BCUT2D eigenvalue weighted by Crippen LogP contribution is 2.23. The number of carbonyl (C=O) groups is 1. The van der Waals surface area contributed by atoms with Crippen molar-refractivity contribution in [3.63, 3.8) is 0 Å². The topological polar surface area (TPSA) is 57.5 Å². The van der Waals surface area contributed by atoms with Gasteiger partial charge in [-0.1, -0.05) is 62.6 Å². The second-order valence-corrected chi connectivity index (χ2v) is 5.08. The Hall–Kier alpha value is -2.55. The minimum absolute atomic E-state index is 0.213. The minimum Gasteiger partial charge on any atom is -0.507 e. The number of allylic oxidation sites excluding steroid dienone is 3. The molecule has 22 heavy (non-hydrogen) atoms. The predicted molar refractivity (Wildman–Crippen MR) is 89.9 cm³/mol. The first-order valence-corrected chi connectivity index (χ1v) is 7.16. The van der Waals surface area contributed by atoms with Gasteiger partial charge in [-0.3, -0.25) is 0 Å². The van der Waals surface area contributed by atoms with Crippen molar-refractivity contribution in [3.8, 4) is 0 Å². The van der Waals surface area contributed by atoms with Crippen LogP contribution in [0.5, 0.6) is 0 Å². The lowest BCUT2D eigenvalue weighted by atomic mass is 9.94. The van der Waals surface area contributed by atoms with Gasteiger partial charge >= 0.3 is 5.97 Å². The molecule has 0 saturated heterocycles. The van der Waals surface area contributed by atoms with Crippen molar-refractivity contribution < 1.29 is 15.0 Å². The molecule has 0 amide bonds. The summed E-state index contributed by atoms with van der Waals surface area (Å²) in [6, 6.07) is 10.2. The van der Waals surface area contributed by atoms with Crippen molar-refractivity contribution in [2.24, 2.45) is 0 Å². The largest absolute Gasteiger partial charge is 0.507 e. The number of aliphatic hydroxyl groups is 1. The van der Waals surface area contributed by atoms with Crippen LogP contribution in [0.4, 0.5) is 0 Å². The molecular formula is C19H22O3. The Bertz CT molecular complexity index is 594. The highest BCUT2D eigenvalue weighted by molar-refractivity contribution is 5.90. The van der Waals surface area contributed by atoms with Gasteiger partial charge < -0.3 is 10.2 Å². The molecule has 0 fully saturated rings. The van der Waals surface area contributed by atoms with Gasteiger partial charge in [0, 0.05) is 0 Å². The lowest BCUT2D eigenvalue weighted by molar-refractivity contribution is -0.132. The molecule has 2 N–H and O–H groups in total. The van der Waals surface area contributed by atoms with Crippen LogP contribution in [0, 0.1) is 0 Å². The molecule has 3 heteroatoms. The quantitative estimate of drug-likeness (QED) is 0.413. The molecule has 0 aliphatic heterocycles. The summed E-state index contributed by atoms with van der Waals surface area (Å²) in [6.07, 6.45) is 5.78. The van der Waals surface area contributed by atoms with Gasteiger partial charge in [0.25, 0.3) is 0 Å². The number of rotatable bonds is 8. The third-order valence-electron chi connectivity index (χ3n) is 3.53. The standard InChI is InChI=1S/C19H22O3/c1-4-15(13-18(20)17(5-2)19(21)22)12-11-14(3)16-9-7-6-8-10-16/h4-10,13-14,20H,1-2,11-12H2,3H3,(H,21,22)/b15-13+,18-17-/t14-/m1/s1. The third kappa shape index (κ3) is 5.09. The van der Waals surface area contributed by atoms with E-state index in [4.69, 9.17) is 5.11 Å². The second-order valence-electron chi connectivity index (χ2n) is 5.08. The average Bonchev–Trinajstić information content (AvgIpc) is 2.52. The van der Waals surface area contributed by atoms with Gasteiger partial charge in [0.1, 0.15) is 11.3 Å². The Morgan fingerprint density at radius 1 is 1.18 bits per heavy atom. The number of hydrogen-bond acceptors (Lipinski definition) is 2. The lowest BCUT2D eigenvalue weighted by Gasteiger charge is -2.12. The fraction of sp³-hybridized carbons (Fsp3) is 0.211. The van der Waals surface area contributed by atoms with E-state index < -0.39 is 5.97 Å². The van der Waals surface area contributed by atoms with E-state index >= 15 is 0 Å². The molecule has 0 aromatic heterocycles. The first kappa shape index (κ1) is 17.5. The van der Waals surface area contributed by atoms with E-state index in [1.54, 1.807) is 6.08 Å². The Kier molecular flexibility index (Phi) is 6.90. The molecular weight excluding hydrogens is 276 g/mol. The summed E-state index contributed by atoms with van der Waals surface area (Å²) in [6.45, 7) is 9.25. The van der Waals surface area contributed by atoms with Crippen molar-refractivity contribution in [2.45, 2.75) is 25.7 Å². The number of carboxylic acid groups (broad SMARTS) is 1. The monoisotopic (exact) mass is 298 g/mol. The molecule has 116 valence electrons. The van der Waals surface area contributed by atoms with Crippen LogP contribution in [0.25, 0.3) is 0 Å². The van der Waals surface area contributed by atoms with E-state index in [0.29, 0.717) is 12.3 Å². The fourth-order valence-corrected chi connectivity index (χ4v) is 2.12. The first-order valence-electron chi connectivity index (χ1n) is 7.16. The third-order valence-corrected chi connectivity index (χ3v) is 3.53. The lowest BCUT2D eigenvalue weighted by Crippen LogP contribution is -2.01. The van der Waals surface area contributed by atoms with Crippen LogP contribution in [0.15, 0.2) is 78.6 Å². The molecule has 3 nitrogen and oxygen atoms in total. The Morgan fingerprint density at radius 2 is 1.82 bits per heavy atom. The number of carboxylic acids is 1. The maximum atomic E-state index is 10.9. The molecule has 1 atom stereocenters. The zero-order valence-corrected chi connectivity index (χ0v) is 12.8. The highest BCUT2D eigenvalue weighted by atomic mass is 16.4. The normalized spacial score (nSPS) is 14.0. The molecule has 0 radical (unpaired) electrons. The van der Waals surface area contributed by atoms with Gasteiger partial charge in [-0.05, 0) is 36.0 Å². The fourth-order valence-electron chi connectivity index (χ4n) is 2.12. The summed E-state index contributed by atoms with van der Waals surface area (Å²) < 4.78 is 0. The molecule has 0 bridgehead atoms. The number of aliphatic hydroxyl groups excluding tert-OH is 1. The molecule has 0 aliphatic carbocycles. The average molecular weight is 298 g/mol. The van der Waals surface area contributed by atoms with Crippen LogP contribution in [-0.4, -0.2) is 16.2 Å². The number of benzene rings is 1. The van der Waals surface area contributed by atoms with Gasteiger partial charge in [0.05, 0.1) is 0 Å². The molecule has 0 saturated carbocycles. The van der Waals surface area contributed by atoms with Crippen LogP contribution in [0.2, 0.25) is 0 Å². The molecule has 0 unspecified atom stereocenters. The van der Waals surface area contributed by atoms with Crippen molar-refractivity contribution in [3.05, 3.63) is 84.2 Å². The van der Waals surface area contributed by atoms with Crippen LogP contribution in [0.1, 0.15) is 31.2 Å². The second kappa shape index (κ2) is 8.67. The summed E-state index contributed by atoms with van der Waals surface area (Å²) in [5.41, 5.74) is 1.83. The van der Waals surface area contributed by atoms with E-state index in [-0.39, 0.29) is 11.3 Å². The van der Waals surface area contributed by atoms with Crippen molar-refractivity contribution in [1.29, 1.82) is 0 Å². The van der Waals surface area contributed by atoms with E-state index in [1.807, 2.05) is 18.2 Å². The Labute approximate surface area is 131 Å². The van der Waals surface area contributed by atoms with E-state index in [2.05, 4.69) is 32.2 Å². The summed E-state index contributed by atoms with van der Waals surface area (Å²) in [4.78, 5) is 10.9. The molecule has 1 aromatic carbocycles. The molecule has 1 rings (SSSR count). The van der Waals surface area contributed by atoms with Crippen LogP contribution < -0.4 is 0 Å². The highest BCUT2D eigenvalue weighted by Gasteiger charge is 2.10. The van der Waals surface area contributed by atoms with Gasteiger partial charge in [-0.25, -0.2) is 4.79 Å². The van der Waals surface area contributed by atoms with E-state index in [0.717, 1.165) is 18.1 Å². The number of aliphatic carboxylic acids is 1. The summed E-state index contributed by atoms with van der Waals surface area (Å²) in [5.74, 6) is -1.14. The maximum Gasteiger partial charge on any atom is 0.339 e. The SMILES string of the molecule is C=C/C(=C\C(O)=C(/C=C)C(=O)O)CC[C@@H](C)c1ccccc1. The molecule has 0 heterocycles. The molecule has 1 aromatic rings. The smallest absolute Gasteiger partial charge is 0.339 e. The van der Waals surface area contributed by atoms with Gasteiger partial charge in [-0.2, -0.15) is 0 Å². The van der Waals surface area contributed by atoms with Gasteiger partial charge in [0.2, 0.25) is 0 Å². The first-order chi connectivity index (χ1) is 10.5. The zero-order valence-electron chi connectivity index (χ0n) is 12.8.